The van der Waals surface area contributed by atoms with Crippen LogP contribution in [0.1, 0.15) is 41.5 Å². The van der Waals surface area contributed by atoms with E-state index in [9.17, 15) is 0 Å². The Morgan fingerprint density at radius 1 is 0.436 bits per heavy atom. The van der Waals surface area contributed by atoms with Crippen LogP contribution in [0.25, 0.3) is 43.1 Å². The number of hydrogen-bond donors (Lipinski definition) is 0. The maximum absolute atomic E-state index is 2.58. The van der Waals surface area contributed by atoms with Gasteiger partial charge in [0.15, 0.2) is 0 Å². The molecular formula is C37H40SSi. The van der Waals surface area contributed by atoms with Crippen LogP contribution in [0.2, 0.25) is 16.6 Å². The molecule has 0 spiro atoms. The van der Waals surface area contributed by atoms with Crippen molar-refractivity contribution in [3.8, 4) is 43.1 Å². The fourth-order valence-electron chi connectivity index (χ4n) is 6.90. The van der Waals surface area contributed by atoms with E-state index in [1.807, 2.05) is 11.3 Å². The van der Waals surface area contributed by atoms with Crippen molar-refractivity contribution >= 4 is 24.6 Å². The molecule has 1 aromatic heterocycles. The summed E-state index contributed by atoms with van der Waals surface area (Å²) in [4.78, 5) is 2.85. The van der Waals surface area contributed by atoms with E-state index in [2.05, 4.69) is 157 Å². The average Bonchev–Trinajstić information content (AvgIpc) is 3.39. The maximum Gasteiger partial charge on any atom is 0.0961 e. The van der Waals surface area contributed by atoms with E-state index < -0.39 is 8.07 Å². The van der Waals surface area contributed by atoms with Gasteiger partial charge in [-0.15, -0.1) is 11.3 Å². The van der Waals surface area contributed by atoms with Crippen molar-refractivity contribution in [2.45, 2.75) is 58.2 Å². The van der Waals surface area contributed by atoms with Gasteiger partial charge in [0.2, 0.25) is 0 Å². The Morgan fingerprint density at radius 2 is 0.795 bits per heavy atom. The number of thiophene rings is 1. The monoisotopic (exact) mass is 544 g/mol. The minimum absolute atomic E-state index is 0.655. The van der Waals surface area contributed by atoms with Gasteiger partial charge in [0.1, 0.15) is 0 Å². The lowest BCUT2D eigenvalue weighted by molar-refractivity contribution is 0.835. The molecule has 198 valence electrons. The predicted octanol–water partition coefficient (Wildman–Crippen LogP) is 11.3. The highest BCUT2D eigenvalue weighted by atomic mass is 32.1. The summed E-state index contributed by atoms with van der Waals surface area (Å²) in [5.74, 6) is 0. The topological polar surface area (TPSA) is 0 Å². The van der Waals surface area contributed by atoms with Gasteiger partial charge < -0.3 is 0 Å². The van der Waals surface area contributed by atoms with E-state index in [0.29, 0.717) is 16.6 Å². The number of rotatable bonds is 8. The molecule has 0 saturated heterocycles. The van der Waals surface area contributed by atoms with Gasteiger partial charge in [-0.2, -0.15) is 0 Å². The second-order valence-corrected chi connectivity index (χ2v) is 18.6. The predicted molar refractivity (Wildman–Crippen MR) is 177 cm³/mol. The largest absolute Gasteiger partial charge is 0.135 e. The summed E-state index contributed by atoms with van der Waals surface area (Å²) in [5, 5.41) is 1.64. The summed E-state index contributed by atoms with van der Waals surface area (Å²) < 4.78 is 0. The normalized spacial score (nSPS) is 12.0. The Bertz CT molecular complexity index is 1470. The molecule has 0 saturated carbocycles. The van der Waals surface area contributed by atoms with E-state index in [1.165, 1.54) is 43.1 Å². The lowest BCUT2D eigenvalue weighted by Gasteiger charge is -2.43. The minimum atomic E-state index is -1.87. The molecule has 5 aromatic rings. The van der Waals surface area contributed by atoms with Crippen LogP contribution in [0.5, 0.6) is 0 Å². The van der Waals surface area contributed by atoms with E-state index >= 15 is 0 Å². The van der Waals surface area contributed by atoms with Crippen molar-refractivity contribution in [1.82, 2.24) is 0 Å². The second kappa shape index (κ2) is 11.5. The Labute approximate surface area is 240 Å². The summed E-state index contributed by atoms with van der Waals surface area (Å²) in [6, 6.07) is 42.4. The Morgan fingerprint density at radius 3 is 1.21 bits per heavy atom. The molecule has 0 aliphatic rings. The summed E-state index contributed by atoms with van der Waals surface area (Å²) in [5.41, 5.74) is 9.70. The van der Waals surface area contributed by atoms with Crippen molar-refractivity contribution in [3.05, 3.63) is 115 Å². The third-order valence-corrected chi connectivity index (χ3v) is 17.1. The quantitative estimate of drug-likeness (QED) is 0.170. The molecule has 0 amide bonds. The SMILES string of the molecule is CC(C)[Si](c1cc(-c2ccc(-c3ccccc3)cc2)sc1-c1ccc(-c2ccccc2)cc1)(C(C)C)C(C)C. The van der Waals surface area contributed by atoms with Crippen molar-refractivity contribution in [1.29, 1.82) is 0 Å². The van der Waals surface area contributed by atoms with E-state index in [0.717, 1.165) is 0 Å². The molecule has 0 nitrogen and oxygen atoms in total. The lowest BCUT2D eigenvalue weighted by atomic mass is 10.0. The molecule has 2 heteroatoms. The van der Waals surface area contributed by atoms with Crippen LogP contribution in [-0.2, 0) is 0 Å². The number of hydrogen-bond acceptors (Lipinski definition) is 1. The highest BCUT2D eigenvalue weighted by molar-refractivity contribution is 7.21. The summed E-state index contributed by atoms with van der Waals surface area (Å²) >= 11 is 1.98. The molecule has 0 aliphatic heterocycles. The van der Waals surface area contributed by atoms with Crippen LogP contribution in [0.4, 0.5) is 0 Å². The van der Waals surface area contributed by atoms with Crippen LogP contribution in [0.3, 0.4) is 0 Å². The first kappa shape index (κ1) is 27.4. The van der Waals surface area contributed by atoms with Crippen molar-refractivity contribution < 1.29 is 0 Å². The molecule has 0 fully saturated rings. The van der Waals surface area contributed by atoms with E-state index in [1.54, 1.807) is 5.19 Å². The molecule has 39 heavy (non-hydrogen) atoms. The standard InChI is InChI=1S/C37H40SSi/c1-26(2)39(27(3)4,28(5)6)36-25-35(33-21-17-31(18-22-33)29-13-9-7-10-14-29)38-37(36)34-23-19-32(20-24-34)30-15-11-8-12-16-30/h7-28H,1-6H3. The van der Waals surface area contributed by atoms with Crippen molar-refractivity contribution in [2.75, 3.05) is 0 Å². The Hall–Kier alpha value is -3.20. The van der Waals surface area contributed by atoms with Gasteiger partial charge in [-0.1, -0.05) is 151 Å². The molecule has 0 N–H and O–H groups in total. The van der Waals surface area contributed by atoms with Crippen LogP contribution in [-0.4, -0.2) is 8.07 Å². The molecule has 1 heterocycles. The fraction of sp³-hybridized carbons (Fsp3) is 0.243. The first-order valence-corrected chi connectivity index (χ1v) is 17.3. The number of benzene rings is 4. The highest BCUT2D eigenvalue weighted by Gasteiger charge is 2.46. The molecule has 5 rings (SSSR count). The highest BCUT2D eigenvalue weighted by Crippen LogP contribution is 2.46. The summed E-state index contributed by atoms with van der Waals surface area (Å²) in [6.07, 6.45) is 0. The zero-order valence-corrected chi connectivity index (χ0v) is 25.9. The fourth-order valence-corrected chi connectivity index (χ4v) is 15.6. The van der Waals surface area contributed by atoms with Gasteiger partial charge in [0.25, 0.3) is 0 Å². The second-order valence-electron chi connectivity index (χ2n) is 11.6. The van der Waals surface area contributed by atoms with Gasteiger partial charge in [-0.05, 0) is 61.3 Å². The van der Waals surface area contributed by atoms with Crippen LogP contribution in [0.15, 0.2) is 115 Å². The zero-order chi connectivity index (χ0) is 27.6. The maximum atomic E-state index is 2.58. The first-order chi connectivity index (χ1) is 18.8. The van der Waals surface area contributed by atoms with Crippen molar-refractivity contribution in [2.24, 2.45) is 0 Å². The summed E-state index contributed by atoms with van der Waals surface area (Å²) in [6.45, 7) is 14.8. The third kappa shape index (κ3) is 5.21. The average molecular weight is 545 g/mol. The van der Waals surface area contributed by atoms with E-state index in [4.69, 9.17) is 0 Å². The van der Waals surface area contributed by atoms with Crippen LogP contribution in [0, 0.1) is 0 Å². The lowest BCUT2D eigenvalue weighted by Crippen LogP contribution is -2.55. The molecule has 0 unspecified atom stereocenters. The van der Waals surface area contributed by atoms with Gasteiger partial charge in [-0.3, -0.25) is 0 Å². The van der Waals surface area contributed by atoms with Gasteiger partial charge in [-0.25, -0.2) is 0 Å². The third-order valence-electron chi connectivity index (χ3n) is 8.60. The Balaban J connectivity index is 1.64. The minimum Gasteiger partial charge on any atom is -0.135 e. The molecule has 0 radical (unpaired) electrons. The molecular weight excluding hydrogens is 505 g/mol. The van der Waals surface area contributed by atoms with E-state index in [-0.39, 0.29) is 0 Å². The zero-order valence-electron chi connectivity index (χ0n) is 24.1. The summed E-state index contributed by atoms with van der Waals surface area (Å²) in [7, 11) is -1.87. The smallest absolute Gasteiger partial charge is 0.0961 e. The van der Waals surface area contributed by atoms with Crippen LogP contribution >= 0.6 is 11.3 Å². The van der Waals surface area contributed by atoms with Crippen LogP contribution < -0.4 is 5.19 Å². The first-order valence-electron chi connectivity index (χ1n) is 14.3. The molecule has 0 bridgehead atoms. The molecule has 0 atom stereocenters. The molecule has 0 aliphatic carbocycles. The molecule has 4 aromatic carbocycles. The van der Waals surface area contributed by atoms with Gasteiger partial charge in [0.05, 0.1) is 8.07 Å². The van der Waals surface area contributed by atoms with Gasteiger partial charge >= 0.3 is 0 Å². The van der Waals surface area contributed by atoms with Gasteiger partial charge in [0, 0.05) is 9.75 Å². The van der Waals surface area contributed by atoms with Crippen molar-refractivity contribution in [3.63, 3.8) is 0 Å². The Kier molecular flexibility index (Phi) is 8.07.